The van der Waals surface area contributed by atoms with Crippen molar-refractivity contribution in [1.29, 1.82) is 0 Å². The Morgan fingerprint density at radius 3 is 2.48 bits per heavy atom. The van der Waals surface area contributed by atoms with Gasteiger partial charge in [-0.05, 0) is 48.4 Å². The van der Waals surface area contributed by atoms with Crippen molar-refractivity contribution >= 4 is 28.3 Å². The molecule has 1 N–H and O–H groups in total. The minimum Gasteiger partial charge on any atom is -0.322 e. The second kappa shape index (κ2) is 7.51. The molecule has 8 nitrogen and oxygen atoms in total. The van der Waals surface area contributed by atoms with Gasteiger partial charge in [0.2, 0.25) is 0 Å². The third-order valence-corrected chi connectivity index (χ3v) is 4.56. The fraction of sp³-hybridized carbons (Fsp3) is 0.0952. The highest BCUT2D eigenvalue weighted by Gasteiger charge is 2.19. The van der Waals surface area contributed by atoms with E-state index in [4.69, 9.17) is 0 Å². The number of nitrogens with zero attached hydrogens (tertiary/aromatic N) is 4. The maximum absolute atomic E-state index is 12.5. The van der Waals surface area contributed by atoms with Gasteiger partial charge in [-0.2, -0.15) is 4.80 Å². The highest BCUT2D eigenvalue weighted by Crippen LogP contribution is 2.22. The Morgan fingerprint density at radius 1 is 1.03 bits per heavy atom. The molecule has 1 heterocycles. The number of benzene rings is 3. The van der Waals surface area contributed by atoms with Crippen LogP contribution in [0, 0.1) is 10.1 Å². The van der Waals surface area contributed by atoms with Crippen LogP contribution < -0.4 is 5.32 Å². The summed E-state index contributed by atoms with van der Waals surface area (Å²) in [5, 5.41) is 22.8. The van der Waals surface area contributed by atoms with Crippen LogP contribution in [0.4, 0.5) is 11.4 Å². The zero-order chi connectivity index (χ0) is 20.4. The van der Waals surface area contributed by atoms with Crippen molar-refractivity contribution in [3.05, 3.63) is 88.0 Å². The van der Waals surface area contributed by atoms with Crippen LogP contribution in [0.2, 0.25) is 0 Å². The Hall–Kier alpha value is -4.07. The van der Waals surface area contributed by atoms with E-state index in [-0.39, 0.29) is 11.3 Å². The summed E-state index contributed by atoms with van der Waals surface area (Å²) in [6.45, 7) is 2.09. The van der Waals surface area contributed by atoms with E-state index in [0.717, 1.165) is 12.1 Å². The van der Waals surface area contributed by atoms with Crippen LogP contribution >= 0.6 is 0 Å². The van der Waals surface area contributed by atoms with Crippen LogP contribution in [0.3, 0.4) is 0 Å². The van der Waals surface area contributed by atoms with Crippen molar-refractivity contribution in [3.8, 4) is 5.69 Å². The molecule has 8 heteroatoms. The van der Waals surface area contributed by atoms with E-state index in [2.05, 4.69) is 22.4 Å². The van der Waals surface area contributed by atoms with Crippen molar-refractivity contribution < 1.29 is 9.72 Å². The normalized spacial score (nSPS) is 10.8. The Labute approximate surface area is 165 Å². The molecule has 0 radical (unpaired) electrons. The van der Waals surface area contributed by atoms with Gasteiger partial charge in [0.05, 0.1) is 10.6 Å². The van der Waals surface area contributed by atoms with Crippen LogP contribution in [-0.4, -0.2) is 25.8 Å². The number of aryl methyl sites for hydroxylation is 1. The molecule has 0 unspecified atom stereocenters. The SMILES string of the molecule is CCc1ccc(-n2nc3ccc(NC(=O)c4ccccc4[N+](=O)[O-])cc3n2)cc1. The molecule has 0 spiro atoms. The van der Waals surface area contributed by atoms with Gasteiger partial charge in [-0.3, -0.25) is 14.9 Å². The number of rotatable bonds is 5. The minimum absolute atomic E-state index is 0.00253. The Bertz CT molecular complexity index is 1210. The summed E-state index contributed by atoms with van der Waals surface area (Å²) < 4.78 is 0. The van der Waals surface area contributed by atoms with E-state index in [1.807, 2.05) is 24.3 Å². The number of carbonyl (C=O) groups is 1. The molecule has 4 aromatic rings. The van der Waals surface area contributed by atoms with E-state index in [0.29, 0.717) is 16.7 Å². The molecule has 29 heavy (non-hydrogen) atoms. The number of nitrogens with one attached hydrogen (secondary N) is 1. The standard InChI is InChI=1S/C21H17N5O3/c1-2-14-7-10-16(11-8-14)25-23-18-12-9-15(13-19(18)24-25)22-21(27)17-5-3-4-6-20(17)26(28)29/h3-13H,2H2,1H3,(H,22,27). The highest BCUT2D eigenvalue weighted by molar-refractivity contribution is 6.07. The number of hydrogen-bond acceptors (Lipinski definition) is 5. The maximum Gasteiger partial charge on any atom is 0.282 e. The predicted octanol–water partition coefficient (Wildman–Crippen LogP) is 4.14. The number of amides is 1. The summed E-state index contributed by atoms with van der Waals surface area (Å²) in [4.78, 5) is 24.6. The van der Waals surface area contributed by atoms with Gasteiger partial charge >= 0.3 is 0 Å². The van der Waals surface area contributed by atoms with Crippen molar-refractivity contribution in [2.45, 2.75) is 13.3 Å². The average molecular weight is 387 g/mol. The molecule has 0 aliphatic rings. The van der Waals surface area contributed by atoms with Gasteiger partial charge in [0.1, 0.15) is 16.6 Å². The van der Waals surface area contributed by atoms with Crippen molar-refractivity contribution in [2.24, 2.45) is 0 Å². The summed E-state index contributed by atoms with van der Waals surface area (Å²) in [6, 6.07) is 18.9. The molecule has 1 aromatic heterocycles. The van der Waals surface area contributed by atoms with Crippen LogP contribution in [0.15, 0.2) is 66.7 Å². The third kappa shape index (κ3) is 3.68. The van der Waals surface area contributed by atoms with Gasteiger partial charge in [-0.15, -0.1) is 10.2 Å². The summed E-state index contributed by atoms with van der Waals surface area (Å²) >= 11 is 0. The second-order valence-corrected chi connectivity index (χ2v) is 6.44. The lowest BCUT2D eigenvalue weighted by Crippen LogP contribution is -2.13. The van der Waals surface area contributed by atoms with Crippen molar-refractivity contribution in [1.82, 2.24) is 15.0 Å². The molecule has 4 rings (SSSR count). The quantitative estimate of drug-likeness (QED) is 0.409. The topological polar surface area (TPSA) is 103 Å². The largest absolute Gasteiger partial charge is 0.322 e. The molecule has 1 amide bonds. The molecule has 144 valence electrons. The number of nitro groups is 1. The Morgan fingerprint density at radius 2 is 1.76 bits per heavy atom. The van der Waals surface area contributed by atoms with Gasteiger partial charge < -0.3 is 5.32 Å². The third-order valence-electron chi connectivity index (χ3n) is 4.56. The fourth-order valence-electron chi connectivity index (χ4n) is 3.00. The lowest BCUT2D eigenvalue weighted by atomic mass is 10.1. The predicted molar refractivity (Wildman–Crippen MR) is 109 cm³/mol. The lowest BCUT2D eigenvalue weighted by molar-refractivity contribution is -0.385. The monoisotopic (exact) mass is 387 g/mol. The number of para-hydroxylation sites is 1. The fourth-order valence-corrected chi connectivity index (χ4v) is 3.00. The molecule has 0 saturated carbocycles. The lowest BCUT2D eigenvalue weighted by Gasteiger charge is -2.05. The molecule has 0 aliphatic carbocycles. The number of aromatic nitrogens is 3. The highest BCUT2D eigenvalue weighted by atomic mass is 16.6. The molecule has 3 aromatic carbocycles. The number of fused-ring (bicyclic) bond motifs is 1. The van der Waals surface area contributed by atoms with E-state index < -0.39 is 10.8 Å². The zero-order valence-corrected chi connectivity index (χ0v) is 15.6. The number of nitro benzene ring substituents is 1. The summed E-state index contributed by atoms with van der Waals surface area (Å²) in [7, 11) is 0. The molecule has 0 aliphatic heterocycles. The van der Waals surface area contributed by atoms with Gasteiger partial charge in [0, 0.05) is 11.8 Å². The number of anilines is 1. The summed E-state index contributed by atoms with van der Waals surface area (Å²) in [5.74, 6) is -0.556. The van der Waals surface area contributed by atoms with Crippen molar-refractivity contribution in [3.63, 3.8) is 0 Å². The van der Waals surface area contributed by atoms with E-state index in [1.54, 1.807) is 24.3 Å². The average Bonchev–Trinajstić information content (AvgIpc) is 3.17. The smallest absolute Gasteiger partial charge is 0.282 e. The minimum atomic E-state index is -0.576. The molecule has 0 fully saturated rings. The van der Waals surface area contributed by atoms with Gasteiger partial charge in [0.25, 0.3) is 11.6 Å². The first kappa shape index (κ1) is 18.3. The van der Waals surface area contributed by atoms with Crippen molar-refractivity contribution in [2.75, 3.05) is 5.32 Å². The summed E-state index contributed by atoms with van der Waals surface area (Å²) in [5.41, 5.74) is 3.58. The molecule has 0 atom stereocenters. The maximum atomic E-state index is 12.5. The van der Waals surface area contributed by atoms with Gasteiger partial charge in [-0.25, -0.2) is 0 Å². The molecular formula is C21H17N5O3. The summed E-state index contributed by atoms with van der Waals surface area (Å²) in [6.07, 6.45) is 0.956. The number of hydrogen-bond donors (Lipinski definition) is 1. The zero-order valence-electron chi connectivity index (χ0n) is 15.6. The number of carbonyl (C=O) groups excluding carboxylic acids is 1. The van der Waals surface area contributed by atoms with E-state index >= 15 is 0 Å². The molecule has 0 bridgehead atoms. The van der Waals surface area contributed by atoms with Gasteiger partial charge in [-0.1, -0.05) is 31.2 Å². The van der Waals surface area contributed by atoms with Crippen LogP contribution in [0.25, 0.3) is 16.7 Å². The van der Waals surface area contributed by atoms with E-state index in [1.165, 1.54) is 28.6 Å². The first-order valence-electron chi connectivity index (χ1n) is 9.06. The first-order chi connectivity index (χ1) is 14.0. The van der Waals surface area contributed by atoms with E-state index in [9.17, 15) is 14.9 Å². The first-order valence-corrected chi connectivity index (χ1v) is 9.06. The van der Waals surface area contributed by atoms with Gasteiger partial charge in [0.15, 0.2) is 0 Å². The molecule has 0 saturated heterocycles. The van der Waals surface area contributed by atoms with Crippen LogP contribution in [0.5, 0.6) is 0 Å². The second-order valence-electron chi connectivity index (χ2n) is 6.44. The Balaban J connectivity index is 1.61. The van der Waals surface area contributed by atoms with Crippen LogP contribution in [0.1, 0.15) is 22.8 Å². The Kier molecular flexibility index (Phi) is 4.74. The van der Waals surface area contributed by atoms with Crippen LogP contribution in [-0.2, 0) is 6.42 Å². The molecular weight excluding hydrogens is 370 g/mol.